The molecule has 0 aromatic heterocycles. The summed E-state index contributed by atoms with van der Waals surface area (Å²) in [6.45, 7) is 0. The number of hydrogen-bond donors (Lipinski definition) is 2. The Bertz CT molecular complexity index is 325. The van der Waals surface area contributed by atoms with Gasteiger partial charge in [-0.25, -0.2) is 0 Å². The number of carbonyl (C=O) groups is 1. The van der Waals surface area contributed by atoms with Gasteiger partial charge in [0.25, 0.3) is 0 Å². The van der Waals surface area contributed by atoms with Gasteiger partial charge in [0.1, 0.15) is 0 Å². The maximum absolute atomic E-state index is 12.3. The third-order valence-corrected chi connectivity index (χ3v) is 4.79. The van der Waals surface area contributed by atoms with Crippen molar-refractivity contribution >= 4 is 5.91 Å². The van der Waals surface area contributed by atoms with E-state index < -0.39 is 0 Å². The van der Waals surface area contributed by atoms with Gasteiger partial charge < -0.3 is 10.6 Å². The molecular weight excluding hydrogens is 224 g/mol. The molecule has 1 amide bonds. The third kappa shape index (κ3) is 2.61. The van der Waals surface area contributed by atoms with Gasteiger partial charge in [-0.3, -0.25) is 4.79 Å². The van der Waals surface area contributed by atoms with E-state index in [0.29, 0.717) is 12.1 Å². The normalized spacial score (nSPS) is 39.3. The molecule has 2 aliphatic carbocycles. The molecule has 0 aromatic rings. The molecule has 1 heterocycles. The quantitative estimate of drug-likeness (QED) is 0.735. The first-order chi connectivity index (χ1) is 8.83. The van der Waals surface area contributed by atoms with Gasteiger partial charge in [-0.1, -0.05) is 25.0 Å². The van der Waals surface area contributed by atoms with Crippen LogP contribution in [0.5, 0.6) is 0 Å². The highest BCUT2D eigenvalue weighted by Gasteiger charge is 2.38. The summed E-state index contributed by atoms with van der Waals surface area (Å²) >= 11 is 0. The molecule has 3 rings (SSSR count). The molecule has 0 bridgehead atoms. The Balaban J connectivity index is 1.52. The molecule has 3 aliphatic rings. The molecule has 2 fully saturated rings. The predicted molar refractivity (Wildman–Crippen MR) is 72.2 cm³/mol. The Hall–Kier alpha value is -0.830. The number of fused-ring (bicyclic) bond motifs is 1. The van der Waals surface area contributed by atoms with Crippen LogP contribution in [0.25, 0.3) is 0 Å². The fourth-order valence-corrected chi connectivity index (χ4v) is 3.75. The number of hydrogen-bond acceptors (Lipinski definition) is 2. The first-order valence-electron chi connectivity index (χ1n) is 7.54. The molecule has 100 valence electrons. The van der Waals surface area contributed by atoms with Crippen molar-refractivity contribution < 1.29 is 4.79 Å². The van der Waals surface area contributed by atoms with Gasteiger partial charge in [0.2, 0.25) is 5.91 Å². The van der Waals surface area contributed by atoms with E-state index in [1.165, 1.54) is 25.7 Å². The Labute approximate surface area is 109 Å². The van der Waals surface area contributed by atoms with Crippen LogP contribution in [0.4, 0.5) is 0 Å². The zero-order chi connectivity index (χ0) is 12.4. The number of amides is 1. The summed E-state index contributed by atoms with van der Waals surface area (Å²) in [4.78, 5) is 12.3. The minimum Gasteiger partial charge on any atom is -0.352 e. The molecule has 18 heavy (non-hydrogen) atoms. The van der Waals surface area contributed by atoms with Gasteiger partial charge in [0, 0.05) is 12.1 Å². The van der Waals surface area contributed by atoms with E-state index in [1.807, 2.05) is 0 Å². The SMILES string of the molecule is O=C(NC1CC=CCC1)C1CC2CCCCC2N1. The summed E-state index contributed by atoms with van der Waals surface area (Å²) < 4.78 is 0. The molecule has 4 atom stereocenters. The number of nitrogens with one attached hydrogen (secondary N) is 2. The fraction of sp³-hybridized carbons (Fsp3) is 0.800. The van der Waals surface area contributed by atoms with E-state index in [0.717, 1.165) is 31.6 Å². The summed E-state index contributed by atoms with van der Waals surface area (Å²) in [5.41, 5.74) is 0. The van der Waals surface area contributed by atoms with Crippen molar-refractivity contribution in [2.45, 2.75) is 69.5 Å². The van der Waals surface area contributed by atoms with Crippen molar-refractivity contribution in [3.63, 3.8) is 0 Å². The van der Waals surface area contributed by atoms with Gasteiger partial charge in [0.15, 0.2) is 0 Å². The van der Waals surface area contributed by atoms with E-state index in [-0.39, 0.29) is 11.9 Å². The van der Waals surface area contributed by atoms with Crippen LogP contribution in [-0.4, -0.2) is 24.0 Å². The molecule has 3 heteroatoms. The standard InChI is InChI=1S/C15H24N2O/c18-15(16-12-7-2-1-3-8-12)14-10-11-6-4-5-9-13(11)17-14/h1-2,11-14,17H,3-10H2,(H,16,18). The van der Waals surface area contributed by atoms with E-state index in [9.17, 15) is 4.79 Å². The smallest absolute Gasteiger partial charge is 0.237 e. The average Bonchev–Trinajstić information content (AvgIpc) is 2.84. The van der Waals surface area contributed by atoms with Gasteiger partial charge >= 0.3 is 0 Å². The molecule has 3 nitrogen and oxygen atoms in total. The number of carbonyl (C=O) groups excluding carboxylic acids is 1. The van der Waals surface area contributed by atoms with Crippen molar-refractivity contribution in [2.75, 3.05) is 0 Å². The maximum Gasteiger partial charge on any atom is 0.237 e. The van der Waals surface area contributed by atoms with Crippen LogP contribution < -0.4 is 10.6 Å². The van der Waals surface area contributed by atoms with Gasteiger partial charge in [0.05, 0.1) is 6.04 Å². The predicted octanol–water partition coefficient (Wildman–Crippen LogP) is 2.13. The minimum absolute atomic E-state index is 0.0732. The van der Waals surface area contributed by atoms with E-state index in [1.54, 1.807) is 0 Å². The maximum atomic E-state index is 12.3. The fourth-order valence-electron chi connectivity index (χ4n) is 3.75. The monoisotopic (exact) mass is 248 g/mol. The number of rotatable bonds is 2. The number of allylic oxidation sites excluding steroid dienone is 1. The Morgan fingerprint density at radius 2 is 2.06 bits per heavy atom. The van der Waals surface area contributed by atoms with Crippen LogP contribution in [0.2, 0.25) is 0 Å². The summed E-state index contributed by atoms with van der Waals surface area (Å²) in [6, 6.07) is 1.05. The second kappa shape index (κ2) is 5.43. The third-order valence-electron chi connectivity index (χ3n) is 4.79. The van der Waals surface area contributed by atoms with E-state index >= 15 is 0 Å². The van der Waals surface area contributed by atoms with Crippen LogP contribution in [-0.2, 0) is 4.79 Å². The van der Waals surface area contributed by atoms with E-state index in [2.05, 4.69) is 22.8 Å². The van der Waals surface area contributed by atoms with Crippen LogP contribution in [0, 0.1) is 5.92 Å². The highest BCUT2D eigenvalue weighted by Crippen LogP contribution is 2.33. The molecule has 4 unspecified atom stereocenters. The van der Waals surface area contributed by atoms with Crippen molar-refractivity contribution in [3.8, 4) is 0 Å². The lowest BCUT2D eigenvalue weighted by Gasteiger charge is -2.24. The molecule has 0 spiro atoms. The largest absolute Gasteiger partial charge is 0.352 e. The Morgan fingerprint density at radius 1 is 1.17 bits per heavy atom. The highest BCUT2D eigenvalue weighted by atomic mass is 16.2. The lowest BCUT2D eigenvalue weighted by atomic mass is 9.85. The van der Waals surface area contributed by atoms with Crippen LogP contribution in [0.1, 0.15) is 51.4 Å². The topological polar surface area (TPSA) is 41.1 Å². The summed E-state index contributed by atoms with van der Waals surface area (Å²) in [5.74, 6) is 0.991. The second-order valence-corrected chi connectivity index (χ2v) is 6.10. The summed E-state index contributed by atoms with van der Waals surface area (Å²) in [5, 5.41) is 6.77. The van der Waals surface area contributed by atoms with Crippen LogP contribution in [0.3, 0.4) is 0 Å². The first-order valence-corrected chi connectivity index (χ1v) is 7.54. The van der Waals surface area contributed by atoms with Crippen molar-refractivity contribution in [3.05, 3.63) is 12.2 Å². The van der Waals surface area contributed by atoms with E-state index in [4.69, 9.17) is 0 Å². The second-order valence-electron chi connectivity index (χ2n) is 6.10. The van der Waals surface area contributed by atoms with Crippen molar-refractivity contribution in [1.82, 2.24) is 10.6 Å². The van der Waals surface area contributed by atoms with Gasteiger partial charge in [-0.05, 0) is 44.4 Å². The highest BCUT2D eigenvalue weighted by molar-refractivity contribution is 5.82. The van der Waals surface area contributed by atoms with Gasteiger partial charge in [-0.2, -0.15) is 0 Å². The minimum atomic E-state index is 0.0732. The van der Waals surface area contributed by atoms with Crippen LogP contribution in [0.15, 0.2) is 12.2 Å². The molecule has 0 radical (unpaired) electrons. The molecular formula is C15H24N2O. The Morgan fingerprint density at radius 3 is 2.83 bits per heavy atom. The summed E-state index contributed by atoms with van der Waals surface area (Å²) in [7, 11) is 0. The molecule has 1 saturated heterocycles. The molecule has 0 aromatic carbocycles. The molecule has 2 N–H and O–H groups in total. The molecule has 1 saturated carbocycles. The zero-order valence-electron chi connectivity index (χ0n) is 11.0. The van der Waals surface area contributed by atoms with Crippen molar-refractivity contribution in [1.29, 1.82) is 0 Å². The first kappa shape index (κ1) is 12.2. The Kier molecular flexibility index (Phi) is 3.69. The summed E-state index contributed by atoms with van der Waals surface area (Å²) in [6.07, 6.45) is 13.9. The average molecular weight is 248 g/mol. The van der Waals surface area contributed by atoms with Crippen molar-refractivity contribution in [2.24, 2.45) is 5.92 Å². The van der Waals surface area contributed by atoms with Crippen LogP contribution >= 0.6 is 0 Å². The zero-order valence-corrected chi connectivity index (χ0v) is 11.0. The molecule has 1 aliphatic heterocycles. The lowest BCUT2D eigenvalue weighted by Crippen LogP contribution is -2.46. The lowest BCUT2D eigenvalue weighted by molar-refractivity contribution is -0.123. The van der Waals surface area contributed by atoms with Gasteiger partial charge in [-0.15, -0.1) is 0 Å².